The Kier molecular flexibility index (Phi) is 4.73. The van der Waals surface area contributed by atoms with Gasteiger partial charge in [0.1, 0.15) is 0 Å². The van der Waals surface area contributed by atoms with Crippen LogP contribution >= 0.6 is 0 Å². The Bertz CT molecular complexity index is 704. The molecule has 2 aromatic rings. The largest absolute Gasteiger partial charge is 0.472 e. The minimum Gasteiger partial charge on any atom is -0.472 e. The van der Waals surface area contributed by atoms with Gasteiger partial charge in [-0.25, -0.2) is 4.98 Å². The minimum atomic E-state index is -4.69. The zero-order valence-corrected chi connectivity index (χ0v) is 12.1. The van der Waals surface area contributed by atoms with E-state index >= 15 is 0 Å². The van der Waals surface area contributed by atoms with Crippen LogP contribution in [0.15, 0.2) is 42.6 Å². The molecule has 0 bridgehead atoms. The van der Waals surface area contributed by atoms with Crippen LogP contribution in [-0.4, -0.2) is 24.1 Å². The number of nitrogens with two attached hydrogens (primary N) is 1. The zero-order chi connectivity index (χ0) is 17.0. The van der Waals surface area contributed by atoms with Crippen LogP contribution < -0.4 is 15.8 Å². The van der Waals surface area contributed by atoms with Gasteiger partial charge in [-0.3, -0.25) is 4.79 Å². The lowest BCUT2D eigenvalue weighted by Gasteiger charge is -2.23. The SMILES string of the molecule is CNC(=O)c1cccc(C(Oc2cccnc2N)C(F)(F)F)c1. The van der Waals surface area contributed by atoms with Crippen molar-refractivity contribution in [1.29, 1.82) is 0 Å². The van der Waals surface area contributed by atoms with Gasteiger partial charge in [-0.05, 0) is 24.3 Å². The second kappa shape index (κ2) is 6.55. The van der Waals surface area contributed by atoms with E-state index in [0.717, 1.165) is 6.07 Å². The van der Waals surface area contributed by atoms with E-state index in [0.29, 0.717) is 0 Å². The van der Waals surface area contributed by atoms with Crippen molar-refractivity contribution in [3.63, 3.8) is 0 Å². The summed E-state index contributed by atoms with van der Waals surface area (Å²) in [6, 6.07) is 7.84. The maximum absolute atomic E-state index is 13.4. The van der Waals surface area contributed by atoms with Crippen molar-refractivity contribution in [3.05, 3.63) is 53.7 Å². The molecule has 1 amide bonds. The molecule has 1 aromatic carbocycles. The number of alkyl halides is 3. The summed E-state index contributed by atoms with van der Waals surface area (Å²) in [6.45, 7) is 0. The number of hydrogen-bond acceptors (Lipinski definition) is 4. The Morgan fingerprint density at radius 3 is 2.65 bits per heavy atom. The van der Waals surface area contributed by atoms with Crippen LogP contribution in [0, 0.1) is 0 Å². The van der Waals surface area contributed by atoms with Crippen molar-refractivity contribution >= 4 is 11.7 Å². The van der Waals surface area contributed by atoms with Crippen molar-refractivity contribution in [1.82, 2.24) is 10.3 Å². The number of nitrogens with zero attached hydrogens (tertiary/aromatic N) is 1. The summed E-state index contributed by atoms with van der Waals surface area (Å²) in [5.41, 5.74) is 5.41. The summed E-state index contributed by atoms with van der Waals surface area (Å²) in [5.74, 6) is -0.821. The third-order valence-corrected chi connectivity index (χ3v) is 3.02. The summed E-state index contributed by atoms with van der Waals surface area (Å²) in [4.78, 5) is 15.3. The van der Waals surface area contributed by atoms with E-state index in [9.17, 15) is 18.0 Å². The molecule has 1 unspecified atom stereocenters. The van der Waals surface area contributed by atoms with E-state index in [1.165, 1.54) is 43.6 Å². The Hall–Kier alpha value is -2.77. The van der Waals surface area contributed by atoms with Crippen molar-refractivity contribution in [3.8, 4) is 5.75 Å². The number of amides is 1. The highest BCUT2D eigenvalue weighted by molar-refractivity contribution is 5.94. The minimum absolute atomic E-state index is 0.0991. The summed E-state index contributed by atoms with van der Waals surface area (Å²) in [6.07, 6.45) is -5.61. The predicted octanol–water partition coefficient (Wildman–Crippen LogP) is 2.71. The van der Waals surface area contributed by atoms with Crippen LogP contribution in [0.1, 0.15) is 22.0 Å². The highest BCUT2D eigenvalue weighted by Gasteiger charge is 2.43. The Balaban J connectivity index is 2.40. The van der Waals surface area contributed by atoms with Gasteiger partial charge in [0, 0.05) is 24.4 Å². The second-order valence-electron chi connectivity index (χ2n) is 4.63. The van der Waals surface area contributed by atoms with E-state index < -0.39 is 18.2 Å². The van der Waals surface area contributed by atoms with Crippen molar-refractivity contribution in [2.75, 3.05) is 12.8 Å². The number of hydrogen-bond donors (Lipinski definition) is 2. The van der Waals surface area contributed by atoms with E-state index in [2.05, 4.69) is 10.3 Å². The highest BCUT2D eigenvalue weighted by Crippen LogP contribution is 2.38. The van der Waals surface area contributed by atoms with Gasteiger partial charge in [0.25, 0.3) is 5.91 Å². The molecule has 122 valence electrons. The zero-order valence-electron chi connectivity index (χ0n) is 12.1. The number of nitrogen functional groups attached to an aromatic ring is 1. The fourth-order valence-corrected chi connectivity index (χ4v) is 1.94. The molecule has 0 saturated heterocycles. The summed E-state index contributed by atoms with van der Waals surface area (Å²) in [7, 11) is 1.39. The van der Waals surface area contributed by atoms with E-state index in [-0.39, 0.29) is 22.7 Å². The summed E-state index contributed by atoms with van der Waals surface area (Å²) >= 11 is 0. The number of carbonyl (C=O) groups excluding carboxylic acids is 1. The molecule has 1 atom stereocenters. The number of nitrogens with one attached hydrogen (secondary N) is 1. The third-order valence-electron chi connectivity index (χ3n) is 3.02. The number of carbonyl (C=O) groups is 1. The normalized spacial score (nSPS) is 12.5. The molecule has 0 fully saturated rings. The van der Waals surface area contributed by atoms with Gasteiger partial charge in [-0.2, -0.15) is 13.2 Å². The monoisotopic (exact) mass is 325 g/mol. The number of aromatic nitrogens is 1. The number of benzene rings is 1. The molecular formula is C15H14F3N3O2. The average molecular weight is 325 g/mol. The Morgan fingerprint density at radius 2 is 2.04 bits per heavy atom. The molecular weight excluding hydrogens is 311 g/mol. The smallest absolute Gasteiger partial charge is 0.429 e. The maximum Gasteiger partial charge on any atom is 0.429 e. The molecule has 0 aliphatic heterocycles. The van der Waals surface area contributed by atoms with Crippen LogP contribution in [-0.2, 0) is 0 Å². The Morgan fingerprint density at radius 1 is 1.30 bits per heavy atom. The van der Waals surface area contributed by atoms with Crippen LogP contribution in [0.5, 0.6) is 5.75 Å². The van der Waals surface area contributed by atoms with Gasteiger partial charge in [0.15, 0.2) is 11.6 Å². The van der Waals surface area contributed by atoms with Crippen molar-refractivity contribution < 1.29 is 22.7 Å². The van der Waals surface area contributed by atoms with E-state index in [1.807, 2.05) is 0 Å². The molecule has 2 rings (SSSR count). The van der Waals surface area contributed by atoms with Crippen LogP contribution in [0.3, 0.4) is 0 Å². The number of ether oxygens (including phenoxy) is 1. The first-order chi connectivity index (χ1) is 10.8. The van der Waals surface area contributed by atoms with Crippen LogP contribution in [0.4, 0.5) is 19.0 Å². The average Bonchev–Trinajstić information content (AvgIpc) is 2.52. The molecule has 8 heteroatoms. The first-order valence-electron chi connectivity index (χ1n) is 6.59. The van der Waals surface area contributed by atoms with Crippen LogP contribution in [0.2, 0.25) is 0 Å². The Labute approximate surface area is 130 Å². The first kappa shape index (κ1) is 16.6. The van der Waals surface area contributed by atoms with Gasteiger partial charge >= 0.3 is 6.18 Å². The fraction of sp³-hybridized carbons (Fsp3) is 0.200. The van der Waals surface area contributed by atoms with Crippen molar-refractivity contribution in [2.45, 2.75) is 12.3 Å². The predicted molar refractivity (Wildman–Crippen MR) is 77.9 cm³/mol. The molecule has 3 N–H and O–H groups in total. The molecule has 0 saturated carbocycles. The summed E-state index contributed by atoms with van der Waals surface area (Å²) < 4.78 is 45.1. The van der Waals surface area contributed by atoms with Gasteiger partial charge in [0.05, 0.1) is 0 Å². The topological polar surface area (TPSA) is 77.2 Å². The fourth-order valence-electron chi connectivity index (χ4n) is 1.94. The quantitative estimate of drug-likeness (QED) is 0.906. The third kappa shape index (κ3) is 3.91. The van der Waals surface area contributed by atoms with Gasteiger partial charge < -0.3 is 15.8 Å². The molecule has 1 aromatic heterocycles. The number of rotatable bonds is 4. The second-order valence-corrected chi connectivity index (χ2v) is 4.63. The van der Waals surface area contributed by atoms with Gasteiger partial charge in [0.2, 0.25) is 6.10 Å². The molecule has 0 aliphatic rings. The highest BCUT2D eigenvalue weighted by atomic mass is 19.4. The standard InChI is InChI=1S/C15H14F3N3O2/c1-20-14(22)10-5-2-4-9(8-10)12(15(16,17)18)23-11-6-3-7-21-13(11)19/h2-8,12H,1H3,(H2,19,21)(H,20,22). The molecule has 0 spiro atoms. The molecule has 23 heavy (non-hydrogen) atoms. The van der Waals surface area contributed by atoms with E-state index in [4.69, 9.17) is 10.5 Å². The maximum atomic E-state index is 13.4. The van der Waals surface area contributed by atoms with Gasteiger partial charge in [-0.15, -0.1) is 0 Å². The lowest BCUT2D eigenvalue weighted by atomic mass is 10.0. The van der Waals surface area contributed by atoms with Gasteiger partial charge in [-0.1, -0.05) is 12.1 Å². The molecule has 5 nitrogen and oxygen atoms in total. The lowest BCUT2D eigenvalue weighted by Crippen LogP contribution is -2.27. The number of anilines is 1. The van der Waals surface area contributed by atoms with Crippen LogP contribution in [0.25, 0.3) is 0 Å². The first-order valence-corrected chi connectivity index (χ1v) is 6.59. The number of pyridine rings is 1. The molecule has 0 radical (unpaired) electrons. The molecule has 1 heterocycles. The lowest BCUT2D eigenvalue weighted by molar-refractivity contribution is -0.197. The molecule has 0 aliphatic carbocycles. The van der Waals surface area contributed by atoms with Crippen molar-refractivity contribution in [2.24, 2.45) is 0 Å². The van der Waals surface area contributed by atoms with E-state index in [1.54, 1.807) is 0 Å². The number of halogens is 3. The summed E-state index contributed by atoms with van der Waals surface area (Å²) in [5, 5.41) is 2.35.